The third kappa shape index (κ3) is 2.53. The molecule has 0 aliphatic carbocycles. The van der Waals surface area contributed by atoms with Crippen LogP contribution in [0.5, 0.6) is 0 Å². The molecule has 0 N–H and O–H groups in total. The average Bonchev–Trinajstić information content (AvgIpc) is 2.35. The molecule has 0 spiro atoms. The van der Waals surface area contributed by atoms with Gasteiger partial charge in [0.25, 0.3) is 0 Å². The standard InChI is InChI=1S/C10H20O6/c1-11-6-7(12-2)9(14-4)16-10(15-5)8(6)13-3/h6-10H,1-5H3/t6?,7-,8+,9-,10-/m0/s1. The van der Waals surface area contributed by atoms with E-state index in [1.54, 1.807) is 35.5 Å². The van der Waals surface area contributed by atoms with Crippen LogP contribution in [0.1, 0.15) is 0 Å². The normalized spacial score (nSPS) is 39.9. The molecule has 0 saturated carbocycles. The van der Waals surface area contributed by atoms with Crippen molar-refractivity contribution in [3.8, 4) is 0 Å². The number of ether oxygens (including phenoxy) is 6. The zero-order valence-corrected chi connectivity index (χ0v) is 10.3. The highest BCUT2D eigenvalue weighted by Crippen LogP contribution is 2.27. The van der Waals surface area contributed by atoms with Crippen LogP contribution in [0, 0.1) is 0 Å². The van der Waals surface area contributed by atoms with Crippen LogP contribution in [0.4, 0.5) is 0 Å². The summed E-state index contributed by atoms with van der Waals surface area (Å²) in [7, 11) is 7.83. The molecule has 0 radical (unpaired) electrons. The second-order valence-corrected chi connectivity index (χ2v) is 3.45. The zero-order chi connectivity index (χ0) is 12.1. The zero-order valence-electron chi connectivity index (χ0n) is 10.3. The molecule has 1 aliphatic heterocycles. The molecule has 5 atom stereocenters. The lowest BCUT2D eigenvalue weighted by Crippen LogP contribution is -2.60. The lowest BCUT2D eigenvalue weighted by molar-refractivity contribution is -0.349. The van der Waals surface area contributed by atoms with Gasteiger partial charge >= 0.3 is 0 Å². The average molecular weight is 236 g/mol. The molecule has 0 amide bonds. The van der Waals surface area contributed by atoms with E-state index in [4.69, 9.17) is 28.4 Å². The number of rotatable bonds is 5. The van der Waals surface area contributed by atoms with Crippen molar-refractivity contribution in [2.75, 3.05) is 35.5 Å². The molecule has 1 rings (SSSR count). The van der Waals surface area contributed by atoms with Crippen LogP contribution in [0.2, 0.25) is 0 Å². The van der Waals surface area contributed by atoms with Gasteiger partial charge in [-0.15, -0.1) is 0 Å². The molecule has 0 aromatic heterocycles. The molecular weight excluding hydrogens is 216 g/mol. The maximum atomic E-state index is 5.55. The van der Waals surface area contributed by atoms with Crippen LogP contribution in [0.3, 0.4) is 0 Å². The van der Waals surface area contributed by atoms with E-state index in [0.29, 0.717) is 0 Å². The number of hydrogen-bond acceptors (Lipinski definition) is 6. The Morgan fingerprint density at radius 2 is 0.938 bits per heavy atom. The van der Waals surface area contributed by atoms with E-state index < -0.39 is 12.6 Å². The van der Waals surface area contributed by atoms with Crippen molar-refractivity contribution in [2.45, 2.75) is 30.9 Å². The Kier molecular flexibility index (Phi) is 5.60. The lowest BCUT2D eigenvalue weighted by Gasteiger charge is -2.43. The minimum atomic E-state index is -0.536. The summed E-state index contributed by atoms with van der Waals surface area (Å²) in [4.78, 5) is 0. The van der Waals surface area contributed by atoms with Crippen molar-refractivity contribution in [3.63, 3.8) is 0 Å². The van der Waals surface area contributed by atoms with Gasteiger partial charge in [-0.05, 0) is 0 Å². The van der Waals surface area contributed by atoms with Gasteiger partial charge < -0.3 is 28.4 Å². The summed E-state index contributed by atoms with van der Waals surface area (Å²) >= 11 is 0. The van der Waals surface area contributed by atoms with Gasteiger partial charge in [-0.3, -0.25) is 0 Å². The monoisotopic (exact) mass is 236 g/mol. The molecule has 1 aliphatic rings. The van der Waals surface area contributed by atoms with Gasteiger partial charge in [0.05, 0.1) is 0 Å². The maximum Gasteiger partial charge on any atom is 0.189 e. The summed E-state index contributed by atoms with van der Waals surface area (Å²) in [5, 5.41) is 0. The first-order chi connectivity index (χ1) is 7.73. The first kappa shape index (κ1) is 13.8. The van der Waals surface area contributed by atoms with Crippen molar-refractivity contribution >= 4 is 0 Å². The van der Waals surface area contributed by atoms with E-state index in [2.05, 4.69) is 0 Å². The quantitative estimate of drug-likeness (QED) is 0.670. The molecule has 0 aromatic rings. The molecule has 1 saturated heterocycles. The summed E-state index contributed by atoms with van der Waals surface area (Å²) in [6, 6.07) is 0. The molecule has 1 fully saturated rings. The van der Waals surface area contributed by atoms with Crippen molar-refractivity contribution in [2.24, 2.45) is 0 Å². The Morgan fingerprint density at radius 3 is 1.19 bits per heavy atom. The highest BCUT2D eigenvalue weighted by Gasteiger charge is 2.47. The van der Waals surface area contributed by atoms with Crippen LogP contribution < -0.4 is 0 Å². The minimum Gasteiger partial charge on any atom is -0.376 e. The first-order valence-corrected chi connectivity index (χ1v) is 5.02. The SMILES string of the molecule is COC1[C@@H](OC)[C@@H](OC)O[C@H](OC)[C@H]1OC. The summed E-state index contributed by atoms with van der Waals surface area (Å²) < 4.78 is 31.9. The largest absolute Gasteiger partial charge is 0.376 e. The van der Waals surface area contributed by atoms with Gasteiger partial charge in [0.2, 0.25) is 0 Å². The fourth-order valence-electron chi connectivity index (χ4n) is 1.92. The van der Waals surface area contributed by atoms with E-state index in [1.165, 1.54) is 0 Å². The fourth-order valence-corrected chi connectivity index (χ4v) is 1.92. The molecular formula is C10H20O6. The molecule has 1 heterocycles. The molecule has 1 unspecified atom stereocenters. The Bertz CT molecular complexity index is 182. The van der Waals surface area contributed by atoms with E-state index in [1.807, 2.05) is 0 Å². The van der Waals surface area contributed by atoms with Gasteiger partial charge in [-0.2, -0.15) is 0 Å². The topological polar surface area (TPSA) is 55.4 Å². The maximum absolute atomic E-state index is 5.55. The van der Waals surface area contributed by atoms with Gasteiger partial charge in [0.15, 0.2) is 12.6 Å². The van der Waals surface area contributed by atoms with Crippen LogP contribution in [-0.2, 0) is 28.4 Å². The van der Waals surface area contributed by atoms with Gasteiger partial charge in [0.1, 0.15) is 18.3 Å². The first-order valence-electron chi connectivity index (χ1n) is 5.02. The van der Waals surface area contributed by atoms with E-state index in [9.17, 15) is 0 Å². The highest BCUT2D eigenvalue weighted by molar-refractivity contribution is 4.88. The number of hydrogen-bond donors (Lipinski definition) is 0. The molecule has 0 bridgehead atoms. The number of methoxy groups -OCH3 is 5. The second-order valence-electron chi connectivity index (χ2n) is 3.45. The summed E-state index contributed by atoms with van der Waals surface area (Å²) in [6.07, 6.45) is -2.09. The van der Waals surface area contributed by atoms with Crippen molar-refractivity contribution in [1.29, 1.82) is 0 Å². The predicted molar refractivity (Wildman–Crippen MR) is 55.1 cm³/mol. The van der Waals surface area contributed by atoms with Crippen LogP contribution in [0.15, 0.2) is 0 Å². The Labute approximate surface area is 95.7 Å². The van der Waals surface area contributed by atoms with E-state index in [-0.39, 0.29) is 18.3 Å². The van der Waals surface area contributed by atoms with Crippen molar-refractivity contribution in [1.82, 2.24) is 0 Å². The molecule has 0 aromatic carbocycles. The third-order valence-corrected chi connectivity index (χ3v) is 2.73. The molecule has 16 heavy (non-hydrogen) atoms. The van der Waals surface area contributed by atoms with Crippen LogP contribution in [0.25, 0.3) is 0 Å². The van der Waals surface area contributed by atoms with E-state index in [0.717, 1.165) is 0 Å². The Morgan fingerprint density at radius 1 is 0.562 bits per heavy atom. The third-order valence-electron chi connectivity index (χ3n) is 2.73. The fraction of sp³-hybridized carbons (Fsp3) is 1.00. The predicted octanol–water partition coefficient (Wildman–Crippen LogP) is 0.00660. The van der Waals surface area contributed by atoms with Crippen molar-refractivity contribution in [3.05, 3.63) is 0 Å². The summed E-state index contributed by atoms with van der Waals surface area (Å²) in [6.45, 7) is 0. The smallest absolute Gasteiger partial charge is 0.189 e. The Hall–Kier alpha value is -0.240. The summed E-state index contributed by atoms with van der Waals surface area (Å²) in [5.41, 5.74) is 0. The van der Waals surface area contributed by atoms with Gasteiger partial charge in [0, 0.05) is 35.5 Å². The van der Waals surface area contributed by atoms with Crippen molar-refractivity contribution < 1.29 is 28.4 Å². The lowest BCUT2D eigenvalue weighted by atomic mass is 10.0. The molecule has 96 valence electrons. The summed E-state index contributed by atoms with van der Waals surface area (Å²) in [5.74, 6) is 0. The van der Waals surface area contributed by atoms with Crippen LogP contribution >= 0.6 is 0 Å². The van der Waals surface area contributed by atoms with Gasteiger partial charge in [-0.25, -0.2) is 0 Å². The van der Waals surface area contributed by atoms with E-state index >= 15 is 0 Å². The highest BCUT2D eigenvalue weighted by atomic mass is 16.8. The minimum absolute atomic E-state index is 0.307. The van der Waals surface area contributed by atoms with Crippen LogP contribution in [-0.4, -0.2) is 66.4 Å². The Balaban J connectivity index is 2.85. The second kappa shape index (κ2) is 6.48. The molecule has 6 nitrogen and oxygen atoms in total. The van der Waals surface area contributed by atoms with Gasteiger partial charge in [-0.1, -0.05) is 0 Å². The molecule has 6 heteroatoms.